The minimum absolute atomic E-state index is 0.150. The van der Waals surface area contributed by atoms with E-state index in [1.807, 2.05) is 24.3 Å². The van der Waals surface area contributed by atoms with Gasteiger partial charge in [0.1, 0.15) is 12.4 Å². The fourth-order valence-electron chi connectivity index (χ4n) is 4.57. The van der Waals surface area contributed by atoms with Crippen LogP contribution in [-0.4, -0.2) is 37.0 Å². The monoisotopic (exact) mass is 358 g/mol. The smallest absolute Gasteiger partial charge is 0.230 e. The predicted octanol–water partition coefficient (Wildman–Crippen LogP) is 4.56. The number of amides is 1. The molecule has 1 saturated carbocycles. The second-order valence-corrected chi connectivity index (χ2v) is 8.80. The van der Waals surface area contributed by atoms with E-state index in [1.165, 1.54) is 19.5 Å². The number of nitrogens with zero attached hydrogens (tertiary/aromatic N) is 1. The zero-order chi connectivity index (χ0) is 18.6. The van der Waals surface area contributed by atoms with Crippen LogP contribution in [0.25, 0.3) is 0 Å². The zero-order valence-corrected chi connectivity index (χ0v) is 16.6. The summed E-state index contributed by atoms with van der Waals surface area (Å²) in [4.78, 5) is 15.0. The summed E-state index contributed by atoms with van der Waals surface area (Å²) in [6, 6.07) is 7.79. The number of likely N-dealkylation sites (tertiary alicyclic amines) is 1. The Hall–Kier alpha value is -1.55. The van der Waals surface area contributed by atoms with E-state index in [1.54, 1.807) is 0 Å². The molecule has 1 aromatic carbocycles. The highest BCUT2D eigenvalue weighted by atomic mass is 16.5. The van der Waals surface area contributed by atoms with E-state index in [0.717, 1.165) is 55.5 Å². The first-order valence-electron chi connectivity index (χ1n) is 10.2. The average Bonchev–Trinajstić information content (AvgIpc) is 3.04. The summed E-state index contributed by atoms with van der Waals surface area (Å²) in [5, 5.41) is 3.07. The van der Waals surface area contributed by atoms with Gasteiger partial charge < -0.3 is 10.1 Å². The lowest BCUT2D eigenvalue weighted by atomic mass is 9.88. The molecule has 2 aliphatic rings. The molecule has 2 fully saturated rings. The van der Waals surface area contributed by atoms with Crippen LogP contribution >= 0.6 is 0 Å². The SMILES string of the molecule is C[C@H]1C[C@H](C)CN(CCOc2ccc(NC(=O)C3(C)CCCC3)cc2)C1. The minimum atomic E-state index is -0.197. The normalized spacial score (nSPS) is 25.8. The molecular weight excluding hydrogens is 324 g/mol. The van der Waals surface area contributed by atoms with Crippen LogP contribution in [0.15, 0.2) is 24.3 Å². The molecule has 1 aromatic rings. The maximum Gasteiger partial charge on any atom is 0.230 e. The van der Waals surface area contributed by atoms with E-state index in [4.69, 9.17) is 4.74 Å². The van der Waals surface area contributed by atoms with Crippen LogP contribution in [0, 0.1) is 17.3 Å². The van der Waals surface area contributed by atoms with Gasteiger partial charge in [0.15, 0.2) is 0 Å². The fraction of sp³-hybridized carbons (Fsp3) is 0.682. The van der Waals surface area contributed by atoms with E-state index >= 15 is 0 Å². The molecule has 1 N–H and O–H groups in total. The molecule has 1 amide bonds. The van der Waals surface area contributed by atoms with E-state index < -0.39 is 0 Å². The molecule has 0 aromatic heterocycles. The Morgan fingerprint density at radius 3 is 2.38 bits per heavy atom. The summed E-state index contributed by atoms with van der Waals surface area (Å²) >= 11 is 0. The highest BCUT2D eigenvalue weighted by Crippen LogP contribution is 2.38. The number of nitrogens with one attached hydrogen (secondary N) is 1. The summed E-state index contributed by atoms with van der Waals surface area (Å²) in [5.41, 5.74) is 0.659. The number of carbonyl (C=O) groups excluding carboxylic acids is 1. The Labute approximate surface area is 158 Å². The molecule has 0 bridgehead atoms. The molecule has 4 nitrogen and oxygen atoms in total. The number of carbonyl (C=O) groups is 1. The summed E-state index contributed by atoms with van der Waals surface area (Å²) in [7, 11) is 0. The van der Waals surface area contributed by atoms with Gasteiger partial charge >= 0.3 is 0 Å². The number of hydrogen-bond donors (Lipinski definition) is 1. The topological polar surface area (TPSA) is 41.6 Å². The van der Waals surface area contributed by atoms with Crippen LogP contribution in [-0.2, 0) is 4.79 Å². The van der Waals surface area contributed by atoms with Crippen molar-refractivity contribution in [2.75, 3.05) is 31.6 Å². The van der Waals surface area contributed by atoms with Gasteiger partial charge in [-0.2, -0.15) is 0 Å². The van der Waals surface area contributed by atoms with Crippen molar-refractivity contribution in [1.82, 2.24) is 4.90 Å². The molecule has 0 unspecified atom stereocenters. The standard InChI is InChI=1S/C22H34N2O2/c1-17-14-18(2)16-24(15-17)12-13-26-20-8-6-19(7-9-20)23-21(25)22(3)10-4-5-11-22/h6-9,17-18H,4-5,10-16H2,1-3H3,(H,23,25)/t17-,18-/m0/s1. The van der Waals surface area contributed by atoms with E-state index in [-0.39, 0.29) is 11.3 Å². The Bertz CT molecular complexity index is 583. The molecule has 26 heavy (non-hydrogen) atoms. The first kappa shape index (κ1) is 19.2. The van der Waals surface area contributed by atoms with Gasteiger partial charge in [-0.05, 0) is 55.4 Å². The third-order valence-corrected chi connectivity index (χ3v) is 5.99. The van der Waals surface area contributed by atoms with Crippen LogP contribution in [0.2, 0.25) is 0 Å². The summed E-state index contributed by atoms with van der Waals surface area (Å²) in [6.45, 7) is 10.8. The molecular formula is C22H34N2O2. The third-order valence-electron chi connectivity index (χ3n) is 5.99. The molecule has 0 spiro atoms. The number of anilines is 1. The molecule has 2 atom stereocenters. The van der Waals surface area contributed by atoms with Crippen LogP contribution in [0.3, 0.4) is 0 Å². The van der Waals surface area contributed by atoms with Crippen LogP contribution in [0.5, 0.6) is 5.75 Å². The zero-order valence-electron chi connectivity index (χ0n) is 16.6. The second-order valence-electron chi connectivity index (χ2n) is 8.80. The Kier molecular flexibility index (Phi) is 6.23. The number of piperidine rings is 1. The first-order valence-corrected chi connectivity index (χ1v) is 10.2. The van der Waals surface area contributed by atoms with Gasteiger partial charge in [0, 0.05) is 30.7 Å². The maximum absolute atomic E-state index is 12.5. The van der Waals surface area contributed by atoms with Crippen LogP contribution < -0.4 is 10.1 Å². The molecule has 4 heteroatoms. The van der Waals surface area contributed by atoms with Gasteiger partial charge in [-0.15, -0.1) is 0 Å². The average molecular weight is 359 g/mol. The van der Waals surface area contributed by atoms with Crippen molar-refractivity contribution >= 4 is 11.6 Å². The van der Waals surface area contributed by atoms with Gasteiger partial charge in [-0.3, -0.25) is 9.69 Å². The minimum Gasteiger partial charge on any atom is -0.492 e. The Balaban J connectivity index is 1.43. The van der Waals surface area contributed by atoms with Gasteiger partial charge in [0.25, 0.3) is 0 Å². The van der Waals surface area contributed by atoms with Crippen molar-refractivity contribution in [2.45, 2.75) is 52.9 Å². The third kappa shape index (κ3) is 5.00. The van der Waals surface area contributed by atoms with Crippen molar-refractivity contribution in [3.8, 4) is 5.75 Å². The molecule has 1 saturated heterocycles. The molecule has 1 heterocycles. The van der Waals surface area contributed by atoms with Crippen LogP contribution in [0.4, 0.5) is 5.69 Å². The Morgan fingerprint density at radius 1 is 1.15 bits per heavy atom. The fourth-order valence-corrected chi connectivity index (χ4v) is 4.57. The van der Waals surface area contributed by atoms with Crippen LogP contribution in [0.1, 0.15) is 52.9 Å². The molecule has 144 valence electrons. The number of rotatable bonds is 6. The maximum atomic E-state index is 12.5. The largest absolute Gasteiger partial charge is 0.492 e. The van der Waals surface area contributed by atoms with Crippen molar-refractivity contribution in [3.05, 3.63) is 24.3 Å². The summed E-state index contributed by atoms with van der Waals surface area (Å²) in [6.07, 6.45) is 5.64. The first-order chi connectivity index (χ1) is 12.4. The summed E-state index contributed by atoms with van der Waals surface area (Å²) < 4.78 is 5.90. The van der Waals surface area contributed by atoms with E-state index in [0.29, 0.717) is 6.61 Å². The van der Waals surface area contributed by atoms with Crippen molar-refractivity contribution in [1.29, 1.82) is 0 Å². The number of hydrogen-bond acceptors (Lipinski definition) is 3. The molecule has 3 rings (SSSR count). The predicted molar refractivity (Wildman–Crippen MR) is 107 cm³/mol. The van der Waals surface area contributed by atoms with Crippen molar-refractivity contribution in [3.63, 3.8) is 0 Å². The molecule has 1 aliphatic heterocycles. The van der Waals surface area contributed by atoms with Crippen molar-refractivity contribution in [2.24, 2.45) is 17.3 Å². The highest BCUT2D eigenvalue weighted by molar-refractivity contribution is 5.95. The van der Waals surface area contributed by atoms with E-state index in [9.17, 15) is 4.79 Å². The lowest BCUT2D eigenvalue weighted by Crippen LogP contribution is -2.40. The lowest BCUT2D eigenvalue weighted by Gasteiger charge is -2.34. The highest BCUT2D eigenvalue weighted by Gasteiger charge is 2.36. The Morgan fingerprint density at radius 2 is 1.77 bits per heavy atom. The molecule has 1 aliphatic carbocycles. The quantitative estimate of drug-likeness (QED) is 0.810. The number of benzene rings is 1. The van der Waals surface area contributed by atoms with Gasteiger partial charge in [0.2, 0.25) is 5.91 Å². The van der Waals surface area contributed by atoms with E-state index in [2.05, 4.69) is 31.0 Å². The summed E-state index contributed by atoms with van der Waals surface area (Å²) in [5.74, 6) is 2.58. The van der Waals surface area contributed by atoms with Gasteiger partial charge in [-0.1, -0.05) is 33.6 Å². The number of ether oxygens (including phenoxy) is 1. The lowest BCUT2D eigenvalue weighted by molar-refractivity contribution is -0.124. The second kappa shape index (κ2) is 8.43. The van der Waals surface area contributed by atoms with Gasteiger partial charge in [0.05, 0.1) is 0 Å². The van der Waals surface area contributed by atoms with Gasteiger partial charge in [-0.25, -0.2) is 0 Å². The molecule has 0 radical (unpaired) electrons. The van der Waals surface area contributed by atoms with Crippen molar-refractivity contribution < 1.29 is 9.53 Å².